The smallest absolute Gasteiger partial charge is 0.351 e. The van der Waals surface area contributed by atoms with Gasteiger partial charge < -0.3 is 10.6 Å². The Labute approximate surface area is 127 Å². The summed E-state index contributed by atoms with van der Waals surface area (Å²) in [6.45, 7) is 1.14. The number of carbonyl (C=O) groups excluding carboxylic acids is 1. The highest BCUT2D eigenvalue weighted by Gasteiger charge is 2.30. The third-order valence-electron chi connectivity index (χ3n) is 3.16. The van der Waals surface area contributed by atoms with Crippen LogP contribution in [0.1, 0.15) is 24.0 Å². The number of alkyl halides is 3. The lowest BCUT2D eigenvalue weighted by molar-refractivity contribution is -0.137. The fraction of sp³-hybridized carbons (Fsp3) is 0.500. The molecule has 0 bridgehead atoms. The van der Waals surface area contributed by atoms with Crippen LogP contribution in [0.3, 0.4) is 0 Å². The first-order valence-electron chi connectivity index (χ1n) is 6.58. The Morgan fingerprint density at radius 1 is 1.29 bits per heavy atom. The minimum atomic E-state index is -4.36. The molecule has 1 amide bonds. The van der Waals surface area contributed by atoms with Gasteiger partial charge in [-0.1, -0.05) is 12.1 Å². The van der Waals surface area contributed by atoms with Gasteiger partial charge in [0.2, 0.25) is 5.91 Å². The molecule has 0 heterocycles. The molecule has 3 nitrogen and oxygen atoms in total. The standard InChI is InChI=1S/C14H17F3N2O.ClH/c15-14(16,17)12-3-1-2-11(6-12)8-19-13(20)9-18-7-10-4-5-10;/h1-3,6,10,18H,4-5,7-9H2,(H,19,20);1H. The lowest BCUT2D eigenvalue weighted by atomic mass is 10.1. The van der Waals surface area contributed by atoms with E-state index in [4.69, 9.17) is 0 Å². The zero-order valence-electron chi connectivity index (χ0n) is 11.4. The van der Waals surface area contributed by atoms with Gasteiger partial charge in [0, 0.05) is 6.54 Å². The first kappa shape index (κ1) is 17.8. The average molecular weight is 323 g/mol. The molecule has 1 aromatic carbocycles. The van der Waals surface area contributed by atoms with E-state index in [2.05, 4.69) is 10.6 Å². The molecular formula is C14H18ClF3N2O. The SMILES string of the molecule is Cl.O=C(CNCC1CC1)NCc1cccc(C(F)(F)F)c1. The van der Waals surface area contributed by atoms with E-state index < -0.39 is 11.7 Å². The van der Waals surface area contributed by atoms with Crippen molar-refractivity contribution >= 4 is 18.3 Å². The van der Waals surface area contributed by atoms with E-state index in [0.29, 0.717) is 11.5 Å². The lowest BCUT2D eigenvalue weighted by Gasteiger charge is -2.10. The van der Waals surface area contributed by atoms with Crippen LogP contribution in [-0.2, 0) is 17.5 Å². The van der Waals surface area contributed by atoms with Gasteiger partial charge in [-0.05, 0) is 43.0 Å². The van der Waals surface area contributed by atoms with Crippen LogP contribution in [0.5, 0.6) is 0 Å². The van der Waals surface area contributed by atoms with Crippen molar-refractivity contribution in [1.82, 2.24) is 10.6 Å². The average Bonchev–Trinajstić information content (AvgIpc) is 3.20. The van der Waals surface area contributed by atoms with Crippen LogP contribution in [0.2, 0.25) is 0 Å². The van der Waals surface area contributed by atoms with Gasteiger partial charge >= 0.3 is 6.18 Å². The van der Waals surface area contributed by atoms with Crippen molar-refractivity contribution in [2.75, 3.05) is 13.1 Å². The molecule has 1 aromatic rings. The Bertz CT molecular complexity index is 476. The molecule has 1 fully saturated rings. The number of hydrogen-bond acceptors (Lipinski definition) is 2. The molecule has 0 aliphatic heterocycles. The first-order valence-corrected chi connectivity index (χ1v) is 6.58. The number of carbonyl (C=O) groups is 1. The molecule has 0 saturated heterocycles. The van der Waals surface area contributed by atoms with Crippen molar-refractivity contribution in [3.05, 3.63) is 35.4 Å². The van der Waals surface area contributed by atoms with E-state index in [9.17, 15) is 18.0 Å². The number of benzene rings is 1. The van der Waals surface area contributed by atoms with Crippen LogP contribution in [0.25, 0.3) is 0 Å². The number of halogens is 4. The minimum absolute atomic E-state index is 0. The van der Waals surface area contributed by atoms with E-state index in [1.807, 2.05) is 0 Å². The minimum Gasteiger partial charge on any atom is -0.351 e. The van der Waals surface area contributed by atoms with E-state index in [1.54, 1.807) is 6.07 Å². The summed E-state index contributed by atoms with van der Waals surface area (Å²) in [5.41, 5.74) is -0.258. The molecular weight excluding hydrogens is 305 g/mol. The van der Waals surface area contributed by atoms with Gasteiger partial charge in [0.1, 0.15) is 0 Å². The molecule has 1 aliphatic rings. The van der Waals surface area contributed by atoms with Crippen LogP contribution in [0, 0.1) is 5.92 Å². The quantitative estimate of drug-likeness (QED) is 0.845. The predicted octanol–water partition coefficient (Wildman–Crippen LogP) is 2.74. The number of hydrogen-bond donors (Lipinski definition) is 2. The Morgan fingerprint density at radius 3 is 2.62 bits per heavy atom. The van der Waals surface area contributed by atoms with Gasteiger partial charge in [0.05, 0.1) is 12.1 Å². The third kappa shape index (κ3) is 6.35. The largest absolute Gasteiger partial charge is 0.416 e. The van der Waals surface area contributed by atoms with Gasteiger partial charge in [0.25, 0.3) is 0 Å². The summed E-state index contributed by atoms with van der Waals surface area (Å²) >= 11 is 0. The van der Waals surface area contributed by atoms with Crippen molar-refractivity contribution < 1.29 is 18.0 Å². The van der Waals surface area contributed by atoms with Crippen molar-refractivity contribution in [1.29, 1.82) is 0 Å². The second kappa shape index (κ2) is 7.66. The zero-order chi connectivity index (χ0) is 14.6. The molecule has 0 atom stereocenters. The molecule has 21 heavy (non-hydrogen) atoms. The van der Waals surface area contributed by atoms with Gasteiger partial charge in [-0.2, -0.15) is 13.2 Å². The second-order valence-corrected chi connectivity index (χ2v) is 5.05. The molecule has 7 heteroatoms. The normalized spacial score (nSPS) is 14.4. The van der Waals surface area contributed by atoms with E-state index in [1.165, 1.54) is 18.9 Å². The van der Waals surface area contributed by atoms with E-state index in [-0.39, 0.29) is 31.4 Å². The summed E-state index contributed by atoms with van der Waals surface area (Å²) in [6.07, 6.45) is -1.94. The second-order valence-electron chi connectivity index (χ2n) is 5.05. The predicted molar refractivity (Wildman–Crippen MR) is 76.1 cm³/mol. The van der Waals surface area contributed by atoms with Crippen LogP contribution in [0.15, 0.2) is 24.3 Å². The highest BCUT2D eigenvalue weighted by Crippen LogP contribution is 2.29. The summed E-state index contributed by atoms with van der Waals surface area (Å²) in [5.74, 6) is 0.481. The Kier molecular flexibility index (Phi) is 6.48. The van der Waals surface area contributed by atoms with Gasteiger partial charge in [0.15, 0.2) is 0 Å². The highest BCUT2D eigenvalue weighted by molar-refractivity contribution is 5.85. The Balaban J connectivity index is 0.00000220. The molecule has 0 spiro atoms. The maximum atomic E-state index is 12.5. The number of nitrogens with one attached hydrogen (secondary N) is 2. The zero-order valence-corrected chi connectivity index (χ0v) is 12.2. The number of rotatable bonds is 6. The summed E-state index contributed by atoms with van der Waals surface area (Å²) in [7, 11) is 0. The fourth-order valence-corrected chi connectivity index (χ4v) is 1.83. The Hall–Kier alpha value is -1.27. The maximum absolute atomic E-state index is 12.5. The van der Waals surface area contributed by atoms with Gasteiger partial charge in [-0.15, -0.1) is 12.4 Å². The maximum Gasteiger partial charge on any atom is 0.416 e. The summed E-state index contributed by atoms with van der Waals surface area (Å²) < 4.78 is 37.6. The van der Waals surface area contributed by atoms with Crippen molar-refractivity contribution in [2.45, 2.75) is 25.6 Å². The molecule has 118 valence electrons. The summed E-state index contributed by atoms with van der Waals surface area (Å²) in [5, 5.41) is 5.63. The van der Waals surface area contributed by atoms with Crippen molar-refractivity contribution in [3.8, 4) is 0 Å². The molecule has 2 N–H and O–H groups in total. The molecule has 1 saturated carbocycles. The molecule has 0 aromatic heterocycles. The monoisotopic (exact) mass is 322 g/mol. The molecule has 0 radical (unpaired) electrons. The number of amides is 1. The fourth-order valence-electron chi connectivity index (χ4n) is 1.83. The van der Waals surface area contributed by atoms with Gasteiger partial charge in [-0.25, -0.2) is 0 Å². The van der Waals surface area contributed by atoms with E-state index >= 15 is 0 Å². The van der Waals surface area contributed by atoms with Crippen molar-refractivity contribution in [2.24, 2.45) is 5.92 Å². The van der Waals surface area contributed by atoms with E-state index in [0.717, 1.165) is 18.7 Å². The summed E-state index contributed by atoms with van der Waals surface area (Å²) in [6, 6.07) is 4.98. The van der Waals surface area contributed by atoms with Gasteiger partial charge in [-0.3, -0.25) is 4.79 Å². The highest BCUT2D eigenvalue weighted by atomic mass is 35.5. The van der Waals surface area contributed by atoms with Crippen LogP contribution < -0.4 is 10.6 Å². The Morgan fingerprint density at radius 2 is 2.00 bits per heavy atom. The lowest BCUT2D eigenvalue weighted by Crippen LogP contribution is -2.34. The third-order valence-corrected chi connectivity index (χ3v) is 3.16. The first-order chi connectivity index (χ1) is 9.45. The van der Waals surface area contributed by atoms with Crippen LogP contribution in [-0.4, -0.2) is 19.0 Å². The van der Waals surface area contributed by atoms with Crippen molar-refractivity contribution in [3.63, 3.8) is 0 Å². The molecule has 0 unspecified atom stereocenters. The molecule has 2 rings (SSSR count). The molecule has 1 aliphatic carbocycles. The van der Waals surface area contributed by atoms with Crippen LogP contribution >= 0.6 is 12.4 Å². The van der Waals surface area contributed by atoms with Crippen LogP contribution in [0.4, 0.5) is 13.2 Å². The summed E-state index contributed by atoms with van der Waals surface area (Å²) in [4.78, 5) is 11.5. The topological polar surface area (TPSA) is 41.1 Å².